The highest BCUT2D eigenvalue weighted by Crippen LogP contribution is 2.29. The van der Waals surface area contributed by atoms with Crippen molar-refractivity contribution in [1.82, 2.24) is 10.6 Å². The van der Waals surface area contributed by atoms with Gasteiger partial charge < -0.3 is 35.4 Å². The van der Waals surface area contributed by atoms with Gasteiger partial charge in [-0.1, -0.05) is 0 Å². The van der Waals surface area contributed by atoms with Gasteiger partial charge in [0.2, 0.25) is 5.91 Å². The molecule has 162 valence electrons. The standard InChI is InChI=1S/C20H25N3O7/c1-10-12-6-7-15(29-3)11(2)17(12)30-19(27)13(10)9-16(24)23-14(18(25)26)5-4-8-22-20(21)28/h6-7,14H,4-5,8-9H2,1-3H3,(H,23,24)(H,25,26)(H3,21,22,28)/p-1/t14-/m0/s1. The van der Waals surface area contributed by atoms with Crippen molar-refractivity contribution in [3.8, 4) is 5.75 Å². The van der Waals surface area contributed by atoms with Gasteiger partial charge in [0.05, 0.1) is 31.1 Å². The summed E-state index contributed by atoms with van der Waals surface area (Å²) in [6.45, 7) is 3.61. The number of methoxy groups -OCH3 is 1. The Balaban J connectivity index is 2.18. The average Bonchev–Trinajstić information content (AvgIpc) is 2.68. The molecule has 0 unspecified atom stereocenters. The van der Waals surface area contributed by atoms with Gasteiger partial charge in [0.25, 0.3) is 0 Å². The van der Waals surface area contributed by atoms with Crippen LogP contribution in [0.15, 0.2) is 21.3 Å². The van der Waals surface area contributed by atoms with E-state index in [9.17, 15) is 24.3 Å². The molecule has 10 nitrogen and oxygen atoms in total. The van der Waals surface area contributed by atoms with Crippen molar-refractivity contribution < 1.29 is 28.6 Å². The number of fused-ring (bicyclic) bond motifs is 1. The number of hydrogen-bond donors (Lipinski definition) is 3. The van der Waals surface area contributed by atoms with E-state index in [1.807, 2.05) is 0 Å². The van der Waals surface area contributed by atoms with E-state index in [0.29, 0.717) is 27.8 Å². The van der Waals surface area contributed by atoms with Gasteiger partial charge in [-0.15, -0.1) is 0 Å². The van der Waals surface area contributed by atoms with Crippen LogP contribution in [0.2, 0.25) is 0 Å². The molecule has 0 aliphatic heterocycles. The Morgan fingerprint density at radius 2 is 1.93 bits per heavy atom. The molecule has 0 fully saturated rings. The number of aryl methyl sites for hydroxylation is 2. The zero-order valence-electron chi connectivity index (χ0n) is 17.0. The van der Waals surface area contributed by atoms with Crippen LogP contribution < -0.4 is 31.8 Å². The molecule has 1 heterocycles. The highest BCUT2D eigenvalue weighted by Gasteiger charge is 2.19. The second kappa shape index (κ2) is 9.77. The summed E-state index contributed by atoms with van der Waals surface area (Å²) in [6, 6.07) is 1.47. The van der Waals surface area contributed by atoms with Crippen LogP contribution in [0.25, 0.3) is 11.0 Å². The molecule has 4 N–H and O–H groups in total. The predicted molar refractivity (Wildman–Crippen MR) is 106 cm³/mol. The molecule has 0 radical (unpaired) electrons. The van der Waals surface area contributed by atoms with Gasteiger partial charge in [-0.3, -0.25) is 4.79 Å². The first-order valence-electron chi connectivity index (χ1n) is 9.29. The number of benzene rings is 1. The molecule has 10 heteroatoms. The fraction of sp³-hybridized carbons (Fsp3) is 0.400. The molecule has 0 saturated carbocycles. The fourth-order valence-electron chi connectivity index (χ4n) is 3.17. The molecule has 0 saturated heterocycles. The van der Waals surface area contributed by atoms with Gasteiger partial charge in [-0.2, -0.15) is 0 Å². The quantitative estimate of drug-likeness (QED) is 0.370. The SMILES string of the molecule is COc1ccc2c(C)c(CC(=O)N[C@@H](CCCNC(N)=O)C(=O)[O-])c(=O)oc2c1C. The summed E-state index contributed by atoms with van der Waals surface area (Å²) in [5, 5.41) is 16.6. The molecule has 1 aromatic heterocycles. The predicted octanol–water partition coefficient (Wildman–Crippen LogP) is -0.356. The van der Waals surface area contributed by atoms with Gasteiger partial charge in [0.15, 0.2) is 0 Å². The average molecular weight is 418 g/mol. The van der Waals surface area contributed by atoms with Crippen molar-refractivity contribution >= 4 is 28.9 Å². The molecule has 30 heavy (non-hydrogen) atoms. The van der Waals surface area contributed by atoms with E-state index >= 15 is 0 Å². The summed E-state index contributed by atoms with van der Waals surface area (Å²) in [5.74, 6) is -1.56. The minimum absolute atomic E-state index is 0.0264. The summed E-state index contributed by atoms with van der Waals surface area (Å²) < 4.78 is 10.6. The minimum atomic E-state index is -1.47. The van der Waals surface area contributed by atoms with Crippen LogP contribution in [0.3, 0.4) is 0 Å². The maximum Gasteiger partial charge on any atom is 0.340 e. The lowest BCUT2D eigenvalue weighted by molar-refractivity contribution is -0.308. The zero-order chi connectivity index (χ0) is 22.4. The number of hydrogen-bond acceptors (Lipinski definition) is 7. The molecule has 0 bridgehead atoms. The third-order valence-corrected chi connectivity index (χ3v) is 4.80. The van der Waals surface area contributed by atoms with Crippen molar-refractivity contribution in [3.05, 3.63) is 39.2 Å². The van der Waals surface area contributed by atoms with Gasteiger partial charge >= 0.3 is 11.7 Å². The van der Waals surface area contributed by atoms with Crippen LogP contribution in [0.1, 0.15) is 29.5 Å². The van der Waals surface area contributed by atoms with Crippen molar-refractivity contribution in [2.45, 2.75) is 39.2 Å². The van der Waals surface area contributed by atoms with E-state index in [4.69, 9.17) is 14.9 Å². The molecule has 2 aromatic rings. The van der Waals surface area contributed by atoms with E-state index < -0.39 is 29.6 Å². The Morgan fingerprint density at radius 3 is 2.53 bits per heavy atom. The van der Waals surface area contributed by atoms with Gasteiger partial charge in [-0.05, 0) is 44.4 Å². The number of carboxylic acid groups (broad SMARTS) is 1. The molecular weight excluding hydrogens is 394 g/mol. The van der Waals surface area contributed by atoms with E-state index in [1.54, 1.807) is 26.0 Å². The maximum atomic E-state index is 12.5. The Hall–Kier alpha value is -3.56. The molecule has 0 spiro atoms. The fourth-order valence-corrected chi connectivity index (χ4v) is 3.17. The number of urea groups is 1. The number of nitrogens with two attached hydrogens (primary N) is 1. The summed E-state index contributed by atoms with van der Waals surface area (Å²) in [4.78, 5) is 46.8. The Labute approximate surface area is 172 Å². The number of carbonyl (C=O) groups is 3. The molecular formula is C20H24N3O7-. The number of primary amides is 1. The second-order valence-electron chi connectivity index (χ2n) is 6.81. The van der Waals surface area contributed by atoms with Crippen LogP contribution in [-0.2, 0) is 16.0 Å². The van der Waals surface area contributed by atoms with Crippen LogP contribution in [-0.4, -0.2) is 37.6 Å². The van der Waals surface area contributed by atoms with Gasteiger partial charge in [0.1, 0.15) is 11.3 Å². The highest BCUT2D eigenvalue weighted by molar-refractivity contribution is 5.88. The number of ether oxygens (including phenoxy) is 1. The minimum Gasteiger partial charge on any atom is -0.548 e. The normalized spacial score (nSPS) is 11.7. The van der Waals surface area contributed by atoms with Crippen molar-refractivity contribution in [1.29, 1.82) is 0 Å². The Bertz CT molecular complexity index is 1030. The van der Waals surface area contributed by atoms with Crippen molar-refractivity contribution in [2.24, 2.45) is 5.73 Å². The summed E-state index contributed by atoms with van der Waals surface area (Å²) in [6.07, 6.45) is -0.0583. The number of amides is 3. The molecule has 1 aromatic carbocycles. The van der Waals surface area contributed by atoms with Gasteiger partial charge in [0, 0.05) is 17.5 Å². The lowest BCUT2D eigenvalue weighted by Gasteiger charge is -2.20. The third kappa shape index (κ3) is 5.28. The van der Waals surface area contributed by atoms with Crippen LogP contribution in [0, 0.1) is 13.8 Å². The molecule has 1 atom stereocenters. The van der Waals surface area contributed by atoms with E-state index in [2.05, 4.69) is 10.6 Å². The number of nitrogens with one attached hydrogen (secondary N) is 2. The maximum absolute atomic E-state index is 12.5. The second-order valence-corrected chi connectivity index (χ2v) is 6.81. The number of rotatable bonds is 9. The molecule has 0 aliphatic carbocycles. The summed E-state index contributed by atoms with van der Waals surface area (Å²) in [7, 11) is 1.51. The summed E-state index contributed by atoms with van der Waals surface area (Å²) in [5.41, 5.74) is 5.99. The smallest absolute Gasteiger partial charge is 0.340 e. The first kappa shape index (κ1) is 22.7. The zero-order valence-corrected chi connectivity index (χ0v) is 17.0. The molecule has 3 amide bonds. The van der Waals surface area contributed by atoms with Crippen LogP contribution in [0.5, 0.6) is 5.75 Å². The third-order valence-electron chi connectivity index (χ3n) is 4.80. The van der Waals surface area contributed by atoms with Crippen LogP contribution >= 0.6 is 0 Å². The molecule has 0 aliphatic rings. The first-order valence-corrected chi connectivity index (χ1v) is 9.29. The lowest BCUT2D eigenvalue weighted by Crippen LogP contribution is -2.48. The van der Waals surface area contributed by atoms with Crippen molar-refractivity contribution in [2.75, 3.05) is 13.7 Å². The summed E-state index contributed by atoms with van der Waals surface area (Å²) >= 11 is 0. The van der Waals surface area contributed by atoms with Crippen molar-refractivity contribution in [3.63, 3.8) is 0 Å². The number of aliphatic carboxylic acids is 1. The van der Waals surface area contributed by atoms with E-state index in [0.717, 1.165) is 0 Å². The van der Waals surface area contributed by atoms with E-state index in [1.165, 1.54) is 7.11 Å². The van der Waals surface area contributed by atoms with E-state index in [-0.39, 0.29) is 31.4 Å². The first-order chi connectivity index (χ1) is 14.1. The van der Waals surface area contributed by atoms with Gasteiger partial charge in [-0.25, -0.2) is 9.59 Å². The lowest BCUT2D eigenvalue weighted by atomic mass is 10.0. The Kier molecular flexibility index (Phi) is 7.40. The monoisotopic (exact) mass is 418 g/mol. The van der Waals surface area contributed by atoms with Crippen LogP contribution in [0.4, 0.5) is 4.79 Å². The number of carbonyl (C=O) groups excluding carboxylic acids is 3. The highest BCUT2D eigenvalue weighted by atomic mass is 16.5. The Morgan fingerprint density at radius 1 is 1.23 bits per heavy atom. The molecule has 2 rings (SSSR count). The largest absolute Gasteiger partial charge is 0.548 e. The number of carboxylic acids is 1. The topological polar surface area (TPSA) is 164 Å².